The molecule has 2 aliphatic heterocycles. The molecule has 1 fully saturated rings. The molecule has 23 heavy (non-hydrogen) atoms. The molecule has 0 aliphatic carbocycles. The minimum atomic E-state index is -3.59. The summed E-state index contributed by atoms with van der Waals surface area (Å²) in [6.45, 7) is 5.29. The van der Waals surface area contributed by atoms with Crippen molar-refractivity contribution >= 4 is 21.8 Å². The van der Waals surface area contributed by atoms with Crippen LogP contribution in [-0.2, 0) is 14.8 Å². The van der Waals surface area contributed by atoms with E-state index in [1.807, 2.05) is 11.0 Å². The third-order valence-corrected chi connectivity index (χ3v) is 5.52. The van der Waals surface area contributed by atoms with Crippen LogP contribution in [0.5, 0.6) is 0 Å². The second kappa shape index (κ2) is 6.16. The van der Waals surface area contributed by atoms with Crippen LogP contribution >= 0.6 is 0 Å². The van der Waals surface area contributed by atoms with Crippen molar-refractivity contribution < 1.29 is 13.2 Å². The highest BCUT2D eigenvalue weighted by Gasteiger charge is 2.34. The number of hydrogen-bond donors (Lipinski definition) is 1. The van der Waals surface area contributed by atoms with Gasteiger partial charge in [0.15, 0.2) is 5.84 Å². The molecular formula is C16H19N3O3S. The lowest BCUT2D eigenvalue weighted by molar-refractivity contribution is -0.125. The second-order valence-corrected chi connectivity index (χ2v) is 7.25. The lowest BCUT2D eigenvalue weighted by atomic mass is 9.95. The molecule has 0 spiro atoms. The van der Waals surface area contributed by atoms with Crippen LogP contribution in [0.3, 0.4) is 0 Å². The molecular weight excluding hydrogens is 314 g/mol. The van der Waals surface area contributed by atoms with E-state index in [0.717, 1.165) is 0 Å². The van der Waals surface area contributed by atoms with Crippen molar-refractivity contribution in [3.63, 3.8) is 0 Å². The molecule has 0 unspecified atom stereocenters. The first-order valence-electron chi connectivity index (χ1n) is 7.61. The normalized spacial score (nSPS) is 19.8. The fourth-order valence-corrected chi connectivity index (χ4v) is 4.21. The SMILES string of the molecule is C=CCNC(=O)C1CCN(C2=NS(=O)(=O)c3ccccc32)CC1. The number of sulfonamides is 1. The Morgan fingerprint density at radius 3 is 2.74 bits per heavy atom. The molecule has 0 aromatic heterocycles. The zero-order valence-corrected chi connectivity index (χ0v) is 13.6. The van der Waals surface area contributed by atoms with Crippen molar-refractivity contribution in [1.82, 2.24) is 10.2 Å². The summed E-state index contributed by atoms with van der Waals surface area (Å²) in [6, 6.07) is 6.87. The lowest BCUT2D eigenvalue weighted by Gasteiger charge is -2.32. The number of amides is 1. The molecule has 2 heterocycles. The van der Waals surface area contributed by atoms with Gasteiger partial charge in [-0.15, -0.1) is 11.0 Å². The molecule has 7 heteroatoms. The van der Waals surface area contributed by atoms with E-state index < -0.39 is 10.0 Å². The van der Waals surface area contributed by atoms with Crippen LogP contribution in [0.15, 0.2) is 46.2 Å². The van der Waals surface area contributed by atoms with Crippen LogP contribution in [0, 0.1) is 5.92 Å². The average molecular weight is 333 g/mol. The minimum absolute atomic E-state index is 0.0333. The maximum absolute atomic E-state index is 12.1. The number of rotatable bonds is 3. The monoisotopic (exact) mass is 333 g/mol. The van der Waals surface area contributed by atoms with E-state index in [1.165, 1.54) is 0 Å². The summed E-state index contributed by atoms with van der Waals surface area (Å²) >= 11 is 0. The quantitative estimate of drug-likeness (QED) is 0.842. The van der Waals surface area contributed by atoms with Crippen LogP contribution in [0.1, 0.15) is 18.4 Å². The molecule has 1 amide bonds. The van der Waals surface area contributed by atoms with Gasteiger partial charge in [-0.1, -0.05) is 18.2 Å². The largest absolute Gasteiger partial charge is 0.355 e. The fourth-order valence-electron chi connectivity index (χ4n) is 2.99. The molecule has 0 bridgehead atoms. The van der Waals surface area contributed by atoms with Crippen LogP contribution < -0.4 is 5.32 Å². The maximum Gasteiger partial charge on any atom is 0.285 e. The Morgan fingerprint density at radius 1 is 1.35 bits per heavy atom. The van der Waals surface area contributed by atoms with Gasteiger partial charge in [-0.3, -0.25) is 4.79 Å². The van der Waals surface area contributed by atoms with Gasteiger partial charge in [0.05, 0.1) is 0 Å². The number of nitrogens with zero attached hydrogens (tertiary/aromatic N) is 2. The summed E-state index contributed by atoms with van der Waals surface area (Å²) in [5, 5.41) is 2.81. The smallest absolute Gasteiger partial charge is 0.285 e. The van der Waals surface area contributed by atoms with Crippen molar-refractivity contribution in [3.8, 4) is 0 Å². The zero-order chi connectivity index (χ0) is 16.4. The first-order valence-corrected chi connectivity index (χ1v) is 9.05. The van der Waals surface area contributed by atoms with Gasteiger partial charge in [-0.05, 0) is 25.0 Å². The first-order chi connectivity index (χ1) is 11.0. The number of carbonyl (C=O) groups excluding carboxylic acids is 1. The lowest BCUT2D eigenvalue weighted by Crippen LogP contribution is -2.43. The van der Waals surface area contributed by atoms with E-state index in [9.17, 15) is 13.2 Å². The van der Waals surface area contributed by atoms with Crippen molar-refractivity contribution in [3.05, 3.63) is 42.5 Å². The van der Waals surface area contributed by atoms with E-state index in [-0.39, 0.29) is 16.7 Å². The van der Waals surface area contributed by atoms with Crippen molar-refractivity contribution in [2.45, 2.75) is 17.7 Å². The van der Waals surface area contributed by atoms with Crippen LogP contribution in [0.2, 0.25) is 0 Å². The topological polar surface area (TPSA) is 78.8 Å². The van der Waals surface area contributed by atoms with E-state index >= 15 is 0 Å². The molecule has 1 saturated heterocycles. The highest BCUT2D eigenvalue weighted by atomic mass is 32.2. The summed E-state index contributed by atoms with van der Waals surface area (Å²) in [5.74, 6) is 0.497. The Labute approximate surface area is 136 Å². The number of benzene rings is 1. The molecule has 1 aromatic carbocycles. The average Bonchev–Trinajstić information content (AvgIpc) is 2.85. The second-order valence-electron chi connectivity index (χ2n) is 5.68. The van der Waals surface area contributed by atoms with Gasteiger partial charge in [0, 0.05) is 31.1 Å². The predicted octanol–water partition coefficient (Wildman–Crippen LogP) is 1.15. The van der Waals surface area contributed by atoms with Gasteiger partial charge >= 0.3 is 0 Å². The number of hydrogen-bond acceptors (Lipinski definition) is 4. The molecule has 122 valence electrons. The summed E-state index contributed by atoms with van der Waals surface area (Å²) in [7, 11) is -3.59. The fraction of sp³-hybridized carbons (Fsp3) is 0.375. The minimum Gasteiger partial charge on any atom is -0.355 e. The van der Waals surface area contributed by atoms with Crippen molar-refractivity contribution in [2.75, 3.05) is 19.6 Å². The van der Waals surface area contributed by atoms with E-state index in [2.05, 4.69) is 16.3 Å². The Balaban J connectivity index is 1.72. The molecule has 3 rings (SSSR count). The number of carbonyl (C=O) groups is 1. The third-order valence-electron chi connectivity index (χ3n) is 4.20. The third kappa shape index (κ3) is 3.01. The van der Waals surface area contributed by atoms with E-state index in [4.69, 9.17) is 0 Å². The molecule has 1 N–H and O–H groups in total. The molecule has 1 aromatic rings. The highest BCUT2D eigenvalue weighted by molar-refractivity contribution is 7.90. The van der Waals surface area contributed by atoms with Crippen molar-refractivity contribution in [1.29, 1.82) is 0 Å². The zero-order valence-electron chi connectivity index (χ0n) is 12.7. The summed E-state index contributed by atoms with van der Waals surface area (Å²) in [4.78, 5) is 14.2. The van der Waals surface area contributed by atoms with Crippen LogP contribution in [0.25, 0.3) is 0 Å². The Morgan fingerprint density at radius 2 is 2.04 bits per heavy atom. The summed E-state index contributed by atoms with van der Waals surface area (Å²) in [6.07, 6.45) is 3.02. The molecule has 0 atom stereocenters. The number of amidine groups is 1. The molecule has 0 saturated carbocycles. The first kappa shape index (κ1) is 15.7. The van der Waals surface area contributed by atoms with Gasteiger partial charge in [0.1, 0.15) is 4.90 Å². The van der Waals surface area contributed by atoms with E-state index in [1.54, 1.807) is 24.3 Å². The van der Waals surface area contributed by atoms with Crippen LogP contribution in [-0.4, -0.2) is 44.7 Å². The number of likely N-dealkylation sites (tertiary alicyclic amines) is 1. The predicted molar refractivity (Wildman–Crippen MR) is 87.7 cm³/mol. The Kier molecular flexibility index (Phi) is 4.21. The van der Waals surface area contributed by atoms with Gasteiger partial charge in [0.2, 0.25) is 5.91 Å². The number of piperidine rings is 1. The standard InChI is InChI=1S/C16H19N3O3S/c1-2-9-17-16(20)12-7-10-19(11-8-12)15-13-5-3-4-6-14(13)23(21,22)18-15/h2-6,12H,1,7-11H2,(H,17,20). The van der Waals surface area contributed by atoms with Crippen molar-refractivity contribution in [2.24, 2.45) is 10.3 Å². The molecule has 2 aliphatic rings. The van der Waals surface area contributed by atoms with Gasteiger partial charge < -0.3 is 10.2 Å². The van der Waals surface area contributed by atoms with Crippen LogP contribution in [0.4, 0.5) is 0 Å². The molecule has 0 radical (unpaired) electrons. The summed E-state index contributed by atoms with van der Waals surface area (Å²) in [5.41, 5.74) is 0.655. The molecule has 6 nitrogen and oxygen atoms in total. The van der Waals surface area contributed by atoms with Gasteiger partial charge in [-0.2, -0.15) is 8.42 Å². The Hall–Kier alpha value is -2.15. The Bertz CT molecular complexity index is 763. The van der Waals surface area contributed by atoms with E-state index in [0.29, 0.717) is 43.9 Å². The number of fused-ring (bicyclic) bond motifs is 1. The summed E-state index contributed by atoms with van der Waals surface area (Å²) < 4.78 is 28.2. The maximum atomic E-state index is 12.1. The highest BCUT2D eigenvalue weighted by Crippen LogP contribution is 2.29. The van der Waals surface area contributed by atoms with Gasteiger partial charge in [0.25, 0.3) is 10.0 Å². The van der Waals surface area contributed by atoms with Gasteiger partial charge in [-0.25, -0.2) is 0 Å². The number of nitrogens with one attached hydrogen (secondary N) is 1.